The number of aryl methyl sites for hydroxylation is 1. The third-order valence-corrected chi connectivity index (χ3v) is 5.98. The molecular weight excluding hydrogens is 384 g/mol. The predicted molar refractivity (Wildman–Crippen MR) is 122 cm³/mol. The Morgan fingerprint density at radius 2 is 1.84 bits per heavy atom. The summed E-state index contributed by atoms with van der Waals surface area (Å²) in [5.41, 5.74) is 4.18. The number of carbonyl (C=O) groups excluding carboxylic acids is 1. The Bertz CT molecular complexity index is 977. The predicted octanol–water partition coefficient (Wildman–Crippen LogP) is 4.35. The van der Waals surface area contributed by atoms with Crippen molar-refractivity contribution in [1.82, 2.24) is 19.8 Å². The number of amides is 1. The lowest BCUT2D eigenvalue weighted by atomic mass is 10.0. The first kappa shape index (κ1) is 21.2. The average molecular weight is 415 g/mol. The first-order valence-electron chi connectivity index (χ1n) is 11.1. The van der Waals surface area contributed by atoms with E-state index in [1.807, 2.05) is 29.3 Å². The minimum atomic E-state index is 0.0613. The van der Waals surface area contributed by atoms with Gasteiger partial charge in [0.2, 0.25) is 0 Å². The number of piperidine rings is 1. The summed E-state index contributed by atoms with van der Waals surface area (Å²) in [6.07, 6.45) is 10.1. The van der Waals surface area contributed by atoms with Gasteiger partial charge in [-0.05, 0) is 60.7 Å². The molecule has 0 saturated carbocycles. The van der Waals surface area contributed by atoms with Crippen molar-refractivity contribution in [1.29, 1.82) is 0 Å². The molecule has 5 heteroatoms. The summed E-state index contributed by atoms with van der Waals surface area (Å²) >= 11 is 0. The van der Waals surface area contributed by atoms with Crippen LogP contribution in [0.5, 0.6) is 0 Å². The highest BCUT2D eigenvalue weighted by Crippen LogP contribution is 2.22. The molecule has 1 amide bonds. The number of hydrogen-bond donors (Lipinski definition) is 0. The van der Waals surface area contributed by atoms with Crippen molar-refractivity contribution in [3.05, 3.63) is 95.6 Å². The fraction of sp³-hybridized carbons (Fsp3) is 0.346. The van der Waals surface area contributed by atoms with Gasteiger partial charge in [-0.25, -0.2) is 0 Å². The first-order valence-corrected chi connectivity index (χ1v) is 11.1. The molecule has 2 aromatic heterocycles. The van der Waals surface area contributed by atoms with E-state index in [9.17, 15) is 4.79 Å². The Balaban J connectivity index is 1.56. The third kappa shape index (κ3) is 5.56. The molecule has 1 aliphatic rings. The van der Waals surface area contributed by atoms with Gasteiger partial charge in [-0.15, -0.1) is 0 Å². The molecule has 0 radical (unpaired) electrons. The van der Waals surface area contributed by atoms with Crippen molar-refractivity contribution in [2.75, 3.05) is 13.1 Å². The Morgan fingerprint density at radius 1 is 1.03 bits per heavy atom. The van der Waals surface area contributed by atoms with Gasteiger partial charge in [-0.1, -0.05) is 37.3 Å². The highest BCUT2D eigenvalue weighted by atomic mass is 16.2. The number of pyridine rings is 2. The Labute approximate surface area is 184 Å². The van der Waals surface area contributed by atoms with Crippen molar-refractivity contribution in [2.24, 2.45) is 0 Å². The van der Waals surface area contributed by atoms with Gasteiger partial charge in [0, 0.05) is 50.5 Å². The molecule has 1 aliphatic heterocycles. The molecule has 1 unspecified atom stereocenters. The zero-order valence-electron chi connectivity index (χ0n) is 18.2. The fourth-order valence-corrected chi connectivity index (χ4v) is 4.29. The Kier molecular flexibility index (Phi) is 7.05. The molecule has 0 bridgehead atoms. The number of rotatable bonds is 7. The number of aromatic nitrogens is 2. The van der Waals surface area contributed by atoms with Crippen molar-refractivity contribution in [3.63, 3.8) is 0 Å². The minimum absolute atomic E-state index is 0.0613. The van der Waals surface area contributed by atoms with E-state index < -0.39 is 0 Å². The smallest absolute Gasteiger partial charge is 0.256 e. The molecule has 1 aromatic carbocycles. The summed E-state index contributed by atoms with van der Waals surface area (Å²) in [4.78, 5) is 26.6. The lowest BCUT2D eigenvalue weighted by molar-refractivity contribution is 0.0510. The summed E-state index contributed by atoms with van der Waals surface area (Å²) in [5.74, 6) is 0.0613. The molecule has 0 aliphatic carbocycles. The van der Waals surface area contributed by atoms with Crippen LogP contribution < -0.4 is 0 Å². The number of hydrogen-bond acceptors (Lipinski definition) is 4. The summed E-state index contributed by atoms with van der Waals surface area (Å²) < 4.78 is 0. The van der Waals surface area contributed by atoms with Crippen molar-refractivity contribution < 1.29 is 4.79 Å². The van der Waals surface area contributed by atoms with Crippen molar-refractivity contribution >= 4 is 5.91 Å². The van der Waals surface area contributed by atoms with E-state index in [1.54, 1.807) is 18.6 Å². The van der Waals surface area contributed by atoms with Crippen LogP contribution in [-0.4, -0.2) is 44.8 Å². The van der Waals surface area contributed by atoms with E-state index in [0.29, 0.717) is 12.1 Å². The summed E-state index contributed by atoms with van der Waals surface area (Å²) in [7, 11) is 0. The van der Waals surface area contributed by atoms with Gasteiger partial charge in [0.1, 0.15) is 0 Å². The number of benzene rings is 1. The molecule has 160 valence electrons. The maximum absolute atomic E-state index is 13.6. The second kappa shape index (κ2) is 10.3. The highest BCUT2D eigenvalue weighted by molar-refractivity contribution is 5.94. The van der Waals surface area contributed by atoms with Crippen molar-refractivity contribution in [3.8, 4) is 0 Å². The van der Waals surface area contributed by atoms with Gasteiger partial charge in [-0.2, -0.15) is 0 Å². The molecule has 31 heavy (non-hydrogen) atoms. The molecule has 0 spiro atoms. The largest absolute Gasteiger partial charge is 0.330 e. The minimum Gasteiger partial charge on any atom is -0.330 e. The molecule has 3 aromatic rings. The molecule has 3 heterocycles. The third-order valence-electron chi connectivity index (χ3n) is 5.98. The topological polar surface area (TPSA) is 49.3 Å². The summed E-state index contributed by atoms with van der Waals surface area (Å²) in [5, 5.41) is 0. The lowest BCUT2D eigenvalue weighted by Gasteiger charge is -2.39. The Hall–Kier alpha value is -3.05. The van der Waals surface area contributed by atoms with E-state index in [0.717, 1.165) is 50.0 Å². The molecule has 1 fully saturated rings. The van der Waals surface area contributed by atoms with E-state index in [1.165, 1.54) is 5.56 Å². The number of nitrogens with zero attached hydrogens (tertiary/aromatic N) is 4. The van der Waals surface area contributed by atoms with E-state index in [4.69, 9.17) is 0 Å². The fourth-order valence-electron chi connectivity index (χ4n) is 4.29. The first-order chi connectivity index (χ1) is 15.2. The maximum atomic E-state index is 13.6. The summed E-state index contributed by atoms with van der Waals surface area (Å²) in [6, 6.07) is 16.7. The standard InChI is InChI=1S/C26H30N4O/c1-2-21-15-24(17-28-16-21)26(31)30(19-23-10-12-27-13-11-23)25-9-6-14-29(20-25)18-22-7-4-3-5-8-22/h3-5,7-8,10-13,15-17,25H,2,6,9,14,18-20H2,1H3. The molecule has 4 rings (SSSR count). The quantitative estimate of drug-likeness (QED) is 0.577. The molecule has 1 atom stereocenters. The van der Waals surface area contributed by atoms with Crippen LogP contribution in [0, 0.1) is 0 Å². The molecular formula is C26H30N4O. The van der Waals surface area contributed by atoms with E-state index in [2.05, 4.69) is 52.1 Å². The van der Waals surface area contributed by atoms with E-state index in [-0.39, 0.29) is 11.9 Å². The van der Waals surface area contributed by atoms with Gasteiger partial charge in [0.25, 0.3) is 5.91 Å². The van der Waals surface area contributed by atoms with Gasteiger partial charge >= 0.3 is 0 Å². The van der Waals surface area contributed by atoms with Crippen LogP contribution in [0.3, 0.4) is 0 Å². The van der Waals surface area contributed by atoms with E-state index >= 15 is 0 Å². The van der Waals surface area contributed by atoms with Crippen LogP contribution in [0.15, 0.2) is 73.3 Å². The maximum Gasteiger partial charge on any atom is 0.256 e. The molecule has 5 nitrogen and oxygen atoms in total. The van der Waals surface area contributed by atoms with Gasteiger partial charge in [-0.3, -0.25) is 19.7 Å². The number of likely N-dealkylation sites (tertiary alicyclic amines) is 1. The zero-order chi connectivity index (χ0) is 21.5. The monoisotopic (exact) mass is 414 g/mol. The summed E-state index contributed by atoms with van der Waals surface area (Å²) in [6.45, 7) is 5.54. The van der Waals surface area contributed by atoms with Crippen LogP contribution >= 0.6 is 0 Å². The normalized spacial score (nSPS) is 16.7. The SMILES string of the molecule is CCc1cncc(C(=O)N(Cc2ccncc2)C2CCCN(Cc3ccccc3)C2)c1. The van der Waals surface area contributed by atoms with Crippen LogP contribution in [-0.2, 0) is 19.5 Å². The van der Waals surface area contributed by atoms with Crippen LogP contribution in [0.1, 0.15) is 46.8 Å². The van der Waals surface area contributed by atoms with Gasteiger partial charge < -0.3 is 4.90 Å². The van der Waals surface area contributed by atoms with Crippen LogP contribution in [0.2, 0.25) is 0 Å². The zero-order valence-corrected chi connectivity index (χ0v) is 18.2. The van der Waals surface area contributed by atoms with Crippen LogP contribution in [0.4, 0.5) is 0 Å². The Morgan fingerprint density at radius 3 is 2.61 bits per heavy atom. The van der Waals surface area contributed by atoms with Gasteiger partial charge in [0.05, 0.1) is 5.56 Å². The second-order valence-electron chi connectivity index (χ2n) is 8.24. The highest BCUT2D eigenvalue weighted by Gasteiger charge is 2.29. The second-order valence-corrected chi connectivity index (χ2v) is 8.24. The lowest BCUT2D eigenvalue weighted by Crippen LogP contribution is -2.49. The molecule has 0 N–H and O–H groups in total. The number of carbonyl (C=O) groups is 1. The van der Waals surface area contributed by atoms with Crippen molar-refractivity contribution in [2.45, 2.75) is 45.3 Å². The average Bonchev–Trinajstić information content (AvgIpc) is 2.83. The van der Waals surface area contributed by atoms with Gasteiger partial charge in [0.15, 0.2) is 0 Å². The van der Waals surface area contributed by atoms with Crippen LogP contribution in [0.25, 0.3) is 0 Å². The molecule has 1 saturated heterocycles.